The molecule has 1 aliphatic heterocycles. The van der Waals surface area contributed by atoms with Gasteiger partial charge in [0.2, 0.25) is 0 Å². The van der Waals surface area contributed by atoms with Gasteiger partial charge in [0.05, 0.1) is 0 Å². The molecule has 1 aliphatic rings. The molecule has 0 spiro atoms. The first-order valence-electron chi connectivity index (χ1n) is 6.26. The van der Waals surface area contributed by atoms with Gasteiger partial charge in [0.1, 0.15) is 18.0 Å². The summed E-state index contributed by atoms with van der Waals surface area (Å²) in [6.07, 6.45) is 4.04. The molecule has 0 bridgehead atoms. The Morgan fingerprint density at radius 1 is 1.35 bits per heavy atom. The van der Waals surface area contributed by atoms with Gasteiger partial charge in [0.15, 0.2) is 0 Å². The third-order valence-electron chi connectivity index (χ3n) is 2.82. The van der Waals surface area contributed by atoms with Crippen molar-refractivity contribution in [2.24, 2.45) is 5.92 Å². The lowest BCUT2D eigenvalue weighted by atomic mass is 10.1. The third kappa shape index (κ3) is 4.07. The van der Waals surface area contributed by atoms with Gasteiger partial charge < -0.3 is 10.6 Å². The van der Waals surface area contributed by atoms with Gasteiger partial charge in [0.25, 0.3) is 0 Å². The number of nitrogens with one attached hydrogen (secondary N) is 2. The predicted octanol–water partition coefficient (Wildman–Crippen LogP) is 2.46. The third-order valence-corrected chi connectivity index (χ3v) is 4.05. The highest BCUT2D eigenvalue weighted by Gasteiger charge is 2.14. The molecule has 2 heterocycles. The van der Waals surface area contributed by atoms with E-state index in [1.165, 1.54) is 17.9 Å². The minimum absolute atomic E-state index is 0.794. The minimum Gasteiger partial charge on any atom is -0.370 e. The second kappa shape index (κ2) is 6.69. The van der Waals surface area contributed by atoms with Crippen LogP contribution in [0.4, 0.5) is 11.6 Å². The first-order chi connectivity index (χ1) is 8.38. The van der Waals surface area contributed by atoms with E-state index in [-0.39, 0.29) is 0 Å². The van der Waals surface area contributed by atoms with E-state index in [9.17, 15) is 0 Å². The summed E-state index contributed by atoms with van der Waals surface area (Å²) in [6.45, 7) is 4.12. The summed E-state index contributed by atoms with van der Waals surface area (Å²) in [5.74, 6) is 5.21. The van der Waals surface area contributed by atoms with Crippen LogP contribution in [0.3, 0.4) is 0 Å². The zero-order valence-corrected chi connectivity index (χ0v) is 11.1. The Kier molecular flexibility index (Phi) is 4.91. The van der Waals surface area contributed by atoms with Crippen LogP contribution in [0.5, 0.6) is 0 Å². The molecule has 0 aliphatic carbocycles. The van der Waals surface area contributed by atoms with Gasteiger partial charge in [-0.3, -0.25) is 0 Å². The Morgan fingerprint density at radius 2 is 2.18 bits per heavy atom. The maximum absolute atomic E-state index is 4.24. The molecule has 1 aromatic heterocycles. The summed E-state index contributed by atoms with van der Waals surface area (Å²) >= 11 is 2.05. The Bertz CT molecular complexity index is 339. The minimum atomic E-state index is 0.794. The highest BCUT2D eigenvalue weighted by molar-refractivity contribution is 7.99. The normalized spacial score (nSPS) is 19.2. The predicted molar refractivity (Wildman–Crippen MR) is 74.7 cm³/mol. The van der Waals surface area contributed by atoms with Gasteiger partial charge in [-0.05, 0) is 30.3 Å². The fraction of sp³-hybridized carbons (Fsp3) is 0.667. The van der Waals surface area contributed by atoms with E-state index in [2.05, 4.69) is 27.5 Å². The molecule has 1 atom stereocenters. The van der Waals surface area contributed by atoms with Crippen LogP contribution in [0.15, 0.2) is 12.4 Å². The molecule has 1 aromatic rings. The quantitative estimate of drug-likeness (QED) is 0.814. The largest absolute Gasteiger partial charge is 0.370 e. The number of nitrogens with zero attached hydrogens (tertiary/aromatic N) is 2. The van der Waals surface area contributed by atoms with Gasteiger partial charge in [-0.1, -0.05) is 6.92 Å². The standard InChI is InChI=1S/C12H20N4S/c1-2-4-13-11-6-12(16-9-15-11)14-7-10-3-5-17-8-10/h6,9-10H,2-5,7-8H2,1H3,(H2,13,14,15,16). The fourth-order valence-corrected chi connectivity index (χ4v) is 3.08. The lowest BCUT2D eigenvalue weighted by Crippen LogP contribution is -2.14. The number of thioether (sulfide) groups is 1. The van der Waals surface area contributed by atoms with E-state index < -0.39 is 0 Å². The monoisotopic (exact) mass is 252 g/mol. The van der Waals surface area contributed by atoms with Crippen LogP contribution >= 0.6 is 11.8 Å². The Balaban J connectivity index is 1.82. The molecule has 0 amide bonds. The highest BCUT2D eigenvalue weighted by atomic mass is 32.2. The molecule has 94 valence electrons. The molecular formula is C12H20N4S. The Hall–Kier alpha value is -0.970. The summed E-state index contributed by atoms with van der Waals surface area (Å²) in [6, 6.07) is 1.98. The van der Waals surface area contributed by atoms with Crippen LogP contribution in [-0.2, 0) is 0 Å². The zero-order valence-electron chi connectivity index (χ0n) is 10.3. The van der Waals surface area contributed by atoms with E-state index in [4.69, 9.17) is 0 Å². The van der Waals surface area contributed by atoms with Crippen molar-refractivity contribution in [2.75, 3.05) is 35.2 Å². The van der Waals surface area contributed by atoms with Crippen LogP contribution in [0, 0.1) is 5.92 Å². The number of hydrogen-bond acceptors (Lipinski definition) is 5. The van der Waals surface area contributed by atoms with Crippen molar-refractivity contribution < 1.29 is 0 Å². The molecule has 1 unspecified atom stereocenters. The molecule has 2 rings (SSSR count). The van der Waals surface area contributed by atoms with Crippen molar-refractivity contribution in [3.05, 3.63) is 12.4 Å². The zero-order chi connectivity index (χ0) is 11.9. The average Bonchev–Trinajstić information content (AvgIpc) is 2.87. The maximum atomic E-state index is 4.24. The van der Waals surface area contributed by atoms with Crippen molar-refractivity contribution in [2.45, 2.75) is 19.8 Å². The second-order valence-corrected chi connectivity index (χ2v) is 5.48. The molecule has 0 saturated carbocycles. The van der Waals surface area contributed by atoms with Crippen molar-refractivity contribution >= 4 is 23.4 Å². The summed E-state index contributed by atoms with van der Waals surface area (Å²) in [5, 5.41) is 6.67. The van der Waals surface area contributed by atoms with Gasteiger partial charge in [-0.15, -0.1) is 0 Å². The van der Waals surface area contributed by atoms with Gasteiger partial charge in [-0.2, -0.15) is 11.8 Å². The summed E-state index contributed by atoms with van der Waals surface area (Å²) in [5.41, 5.74) is 0. The first-order valence-corrected chi connectivity index (χ1v) is 7.41. The van der Waals surface area contributed by atoms with E-state index in [1.807, 2.05) is 17.8 Å². The number of rotatable bonds is 6. The molecule has 1 saturated heterocycles. The van der Waals surface area contributed by atoms with E-state index in [0.29, 0.717) is 0 Å². The molecule has 0 radical (unpaired) electrons. The molecule has 5 heteroatoms. The molecule has 0 aromatic carbocycles. The summed E-state index contributed by atoms with van der Waals surface area (Å²) in [7, 11) is 0. The topological polar surface area (TPSA) is 49.8 Å². The first kappa shape index (κ1) is 12.5. The molecule has 2 N–H and O–H groups in total. The maximum Gasteiger partial charge on any atom is 0.131 e. The van der Waals surface area contributed by atoms with Crippen LogP contribution in [-0.4, -0.2) is 34.6 Å². The fourth-order valence-electron chi connectivity index (χ4n) is 1.80. The van der Waals surface area contributed by atoms with Gasteiger partial charge in [0, 0.05) is 19.2 Å². The lowest BCUT2D eigenvalue weighted by Gasteiger charge is -2.11. The summed E-state index contributed by atoms with van der Waals surface area (Å²) in [4.78, 5) is 8.43. The molecule has 17 heavy (non-hydrogen) atoms. The molecular weight excluding hydrogens is 232 g/mol. The number of aromatic nitrogens is 2. The summed E-state index contributed by atoms with van der Waals surface area (Å²) < 4.78 is 0. The highest BCUT2D eigenvalue weighted by Crippen LogP contribution is 2.23. The van der Waals surface area contributed by atoms with Crippen molar-refractivity contribution in [1.29, 1.82) is 0 Å². The Morgan fingerprint density at radius 3 is 2.88 bits per heavy atom. The van der Waals surface area contributed by atoms with Crippen LogP contribution < -0.4 is 10.6 Å². The van der Waals surface area contributed by atoms with Gasteiger partial charge >= 0.3 is 0 Å². The van der Waals surface area contributed by atoms with E-state index in [0.717, 1.165) is 37.1 Å². The Labute approximate surface area is 107 Å². The average molecular weight is 252 g/mol. The van der Waals surface area contributed by atoms with Gasteiger partial charge in [-0.25, -0.2) is 9.97 Å². The second-order valence-electron chi connectivity index (χ2n) is 4.33. The van der Waals surface area contributed by atoms with Crippen molar-refractivity contribution in [3.63, 3.8) is 0 Å². The van der Waals surface area contributed by atoms with Crippen molar-refractivity contribution in [1.82, 2.24) is 9.97 Å². The number of hydrogen-bond donors (Lipinski definition) is 2. The van der Waals surface area contributed by atoms with Crippen LogP contribution in [0.2, 0.25) is 0 Å². The smallest absolute Gasteiger partial charge is 0.131 e. The van der Waals surface area contributed by atoms with E-state index >= 15 is 0 Å². The van der Waals surface area contributed by atoms with E-state index in [1.54, 1.807) is 6.33 Å². The lowest BCUT2D eigenvalue weighted by molar-refractivity contribution is 0.630. The SMILES string of the molecule is CCCNc1cc(NCC2CCSC2)ncn1. The van der Waals surface area contributed by atoms with Crippen LogP contribution in [0.1, 0.15) is 19.8 Å². The molecule has 1 fully saturated rings. The van der Waals surface area contributed by atoms with Crippen LogP contribution in [0.25, 0.3) is 0 Å². The number of anilines is 2. The molecule has 4 nitrogen and oxygen atoms in total. The van der Waals surface area contributed by atoms with Crippen molar-refractivity contribution in [3.8, 4) is 0 Å².